The molecule has 3 rings (SSSR count). The number of morpholine rings is 1. The molecule has 0 aromatic rings. The Hall–Kier alpha value is -0.250. The predicted octanol–water partition coefficient (Wildman–Crippen LogP) is 0.139. The fourth-order valence-electron chi connectivity index (χ4n) is 3.84. The topological polar surface area (TPSA) is 62.3 Å². The summed E-state index contributed by atoms with van der Waals surface area (Å²) in [5.74, 6) is 0. The first kappa shape index (κ1) is 17.6. The van der Waals surface area contributed by atoms with E-state index in [-0.39, 0.29) is 6.10 Å². The van der Waals surface area contributed by atoms with Crippen molar-refractivity contribution in [3.05, 3.63) is 0 Å². The molecule has 0 saturated carbocycles. The van der Waals surface area contributed by atoms with E-state index >= 15 is 0 Å². The van der Waals surface area contributed by atoms with Gasteiger partial charge in [0.2, 0.25) is 0 Å². The van der Waals surface area contributed by atoms with Gasteiger partial charge in [-0.05, 0) is 25.7 Å². The standard InChI is InChI=1S/C15H29N3O4S/c1-21-15-4-8-18(9-5-15)23(19,20)17-6-2-14(3-7-17)16-10-12-22-13-11-16/h14-15H,2-13H2,1H3. The molecule has 7 nitrogen and oxygen atoms in total. The van der Waals surface area contributed by atoms with E-state index in [1.165, 1.54) is 0 Å². The molecule has 3 saturated heterocycles. The van der Waals surface area contributed by atoms with E-state index in [9.17, 15) is 8.42 Å². The van der Waals surface area contributed by atoms with Crippen LogP contribution in [-0.2, 0) is 19.7 Å². The molecular formula is C15H29N3O4S. The minimum absolute atomic E-state index is 0.202. The van der Waals surface area contributed by atoms with Gasteiger partial charge in [-0.25, -0.2) is 0 Å². The molecule has 23 heavy (non-hydrogen) atoms. The van der Waals surface area contributed by atoms with Crippen LogP contribution in [0.3, 0.4) is 0 Å². The second-order valence-electron chi connectivity index (χ2n) is 6.62. The van der Waals surface area contributed by atoms with Crippen LogP contribution in [0.2, 0.25) is 0 Å². The van der Waals surface area contributed by atoms with E-state index in [0.717, 1.165) is 52.0 Å². The number of hydrogen-bond acceptors (Lipinski definition) is 5. The van der Waals surface area contributed by atoms with Gasteiger partial charge >= 0.3 is 0 Å². The third-order valence-electron chi connectivity index (χ3n) is 5.37. The Morgan fingerprint density at radius 2 is 1.39 bits per heavy atom. The van der Waals surface area contributed by atoms with E-state index in [1.807, 2.05) is 0 Å². The summed E-state index contributed by atoms with van der Waals surface area (Å²) in [5, 5.41) is 0. The molecule has 0 unspecified atom stereocenters. The van der Waals surface area contributed by atoms with Crippen molar-refractivity contribution in [2.45, 2.75) is 37.8 Å². The molecule has 0 N–H and O–H groups in total. The Balaban J connectivity index is 1.52. The highest BCUT2D eigenvalue weighted by Crippen LogP contribution is 2.24. The fourth-order valence-corrected chi connectivity index (χ4v) is 5.51. The van der Waals surface area contributed by atoms with Crippen molar-refractivity contribution >= 4 is 10.2 Å². The maximum atomic E-state index is 12.8. The van der Waals surface area contributed by atoms with Crippen LogP contribution >= 0.6 is 0 Å². The van der Waals surface area contributed by atoms with E-state index < -0.39 is 10.2 Å². The summed E-state index contributed by atoms with van der Waals surface area (Å²) in [5.41, 5.74) is 0. The third kappa shape index (κ3) is 4.05. The van der Waals surface area contributed by atoms with Gasteiger partial charge in [0.05, 0.1) is 19.3 Å². The molecule has 134 valence electrons. The number of nitrogens with zero attached hydrogens (tertiary/aromatic N) is 3. The molecular weight excluding hydrogens is 318 g/mol. The highest BCUT2D eigenvalue weighted by molar-refractivity contribution is 7.86. The number of rotatable bonds is 4. The zero-order chi connectivity index (χ0) is 16.3. The van der Waals surface area contributed by atoms with Crippen molar-refractivity contribution in [1.82, 2.24) is 13.5 Å². The van der Waals surface area contributed by atoms with Crippen molar-refractivity contribution in [2.75, 3.05) is 59.6 Å². The number of piperidine rings is 2. The van der Waals surface area contributed by atoms with Gasteiger partial charge in [-0.2, -0.15) is 17.0 Å². The highest BCUT2D eigenvalue weighted by Gasteiger charge is 2.36. The molecule has 3 aliphatic heterocycles. The Bertz CT molecular complexity index is 465. The Labute approximate surface area is 139 Å². The summed E-state index contributed by atoms with van der Waals surface area (Å²) >= 11 is 0. The van der Waals surface area contributed by atoms with Crippen LogP contribution in [0.4, 0.5) is 0 Å². The summed E-state index contributed by atoms with van der Waals surface area (Å²) in [6.07, 6.45) is 3.63. The van der Waals surface area contributed by atoms with Crippen LogP contribution in [0.25, 0.3) is 0 Å². The van der Waals surface area contributed by atoms with E-state index in [1.54, 1.807) is 15.7 Å². The smallest absolute Gasteiger partial charge is 0.281 e. The predicted molar refractivity (Wildman–Crippen MR) is 87.5 cm³/mol. The quantitative estimate of drug-likeness (QED) is 0.724. The Morgan fingerprint density at radius 3 is 1.91 bits per heavy atom. The zero-order valence-electron chi connectivity index (χ0n) is 14.0. The van der Waals surface area contributed by atoms with Gasteiger partial charge < -0.3 is 9.47 Å². The van der Waals surface area contributed by atoms with Gasteiger partial charge in [-0.1, -0.05) is 0 Å². The van der Waals surface area contributed by atoms with Crippen molar-refractivity contribution in [2.24, 2.45) is 0 Å². The van der Waals surface area contributed by atoms with Gasteiger partial charge in [0.25, 0.3) is 10.2 Å². The van der Waals surface area contributed by atoms with Crippen LogP contribution in [0.15, 0.2) is 0 Å². The van der Waals surface area contributed by atoms with E-state index in [2.05, 4.69) is 4.90 Å². The SMILES string of the molecule is COC1CCN(S(=O)(=O)N2CCC(N3CCOCC3)CC2)CC1. The van der Waals surface area contributed by atoms with Crippen LogP contribution in [0.5, 0.6) is 0 Å². The summed E-state index contributed by atoms with van der Waals surface area (Å²) in [6.45, 7) is 5.96. The molecule has 3 fully saturated rings. The lowest BCUT2D eigenvalue weighted by atomic mass is 10.0. The van der Waals surface area contributed by atoms with Crippen LogP contribution in [0.1, 0.15) is 25.7 Å². The minimum Gasteiger partial charge on any atom is -0.381 e. The average molecular weight is 347 g/mol. The largest absolute Gasteiger partial charge is 0.381 e. The molecule has 0 spiro atoms. The molecule has 0 aromatic carbocycles. The maximum Gasteiger partial charge on any atom is 0.281 e. The molecule has 8 heteroatoms. The fraction of sp³-hybridized carbons (Fsp3) is 1.00. The molecule has 0 aromatic heterocycles. The average Bonchev–Trinajstić information content (AvgIpc) is 2.62. The number of methoxy groups -OCH3 is 1. The van der Waals surface area contributed by atoms with Crippen molar-refractivity contribution in [3.8, 4) is 0 Å². The first-order chi connectivity index (χ1) is 11.1. The van der Waals surface area contributed by atoms with Gasteiger partial charge in [-0.3, -0.25) is 4.90 Å². The van der Waals surface area contributed by atoms with Crippen LogP contribution < -0.4 is 0 Å². The molecule has 3 heterocycles. The Kier molecular flexibility index (Phi) is 5.92. The maximum absolute atomic E-state index is 12.8. The van der Waals surface area contributed by atoms with Crippen molar-refractivity contribution in [3.63, 3.8) is 0 Å². The second kappa shape index (κ2) is 7.76. The molecule has 0 aliphatic carbocycles. The Morgan fingerprint density at radius 1 is 0.870 bits per heavy atom. The lowest BCUT2D eigenvalue weighted by Crippen LogP contribution is -2.54. The zero-order valence-corrected chi connectivity index (χ0v) is 14.8. The molecule has 0 bridgehead atoms. The first-order valence-electron chi connectivity index (χ1n) is 8.71. The molecule has 0 amide bonds. The van der Waals surface area contributed by atoms with Gasteiger partial charge in [0, 0.05) is 52.4 Å². The summed E-state index contributed by atoms with van der Waals surface area (Å²) in [7, 11) is -1.60. The first-order valence-corrected chi connectivity index (χ1v) is 10.1. The van der Waals surface area contributed by atoms with E-state index in [4.69, 9.17) is 9.47 Å². The molecule has 0 radical (unpaired) electrons. The van der Waals surface area contributed by atoms with Crippen molar-refractivity contribution < 1.29 is 17.9 Å². The van der Waals surface area contributed by atoms with Crippen molar-refractivity contribution in [1.29, 1.82) is 0 Å². The van der Waals surface area contributed by atoms with E-state index in [0.29, 0.717) is 32.2 Å². The highest BCUT2D eigenvalue weighted by atomic mass is 32.2. The molecule has 3 aliphatic rings. The summed E-state index contributed by atoms with van der Waals surface area (Å²) in [4.78, 5) is 2.46. The monoisotopic (exact) mass is 347 g/mol. The molecule has 0 atom stereocenters. The van der Waals surface area contributed by atoms with Gasteiger partial charge in [0.15, 0.2) is 0 Å². The van der Waals surface area contributed by atoms with Gasteiger partial charge in [0.1, 0.15) is 0 Å². The normalized spacial score (nSPS) is 28.2. The van der Waals surface area contributed by atoms with Crippen LogP contribution in [0, 0.1) is 0 Å². The lowest BCUT2D eigenvalue weighted by Gasteiger charge is -2.41. The van der Waals surface area contributed by atoms with Gasteiger partial charge in [-0.15, -0.1) is 0 Å². The summed E-state index contributed by atoms with van der Waals surface area (Å²) in [6, 6.07) is 0.504. The number of hydrogen-bond donors (Lipinski definition) is 0. The lowest BCUT2D eigenvalue weighted by molar-refractivity contribution is 0.00556. The minimum atomic E-state index is -3.30. The summed E-state index contributed by atoms with van der Waals surface area (Å²) < 4.78 is 39.6. The van der Waals surface area contributed by atoms with Crippen LogP contribution in [-0.4, -0.2) is 93.7 Å². The third-order valence-corrected chi connectivity index (χ3v) is 7.41. The second-order valence-corrected chi connectivity index (χ2v) is 8.55. The number of ether oxygens (including phenoxy) is 2.